The van der Waals surface area contributed by atoms with Gasteiger partial charge in [-0.05, 0) is 62.8 Å². The zero-order valence-corrected chi connectivity index (χ0v) is 20.7. The van der Waals surface area contributed by atoms with Gasteiger partial charge >= 0.3 is 0 Å². The Bertz CT molecular complexity index is 987. The fourth-order valence-corrected chi connectivity index (χ4v) is 6.05. The summed E-state index contributed by atoms with van der Waals surface area (Å²) in [7, 11) is 0. The standard InChI is InChI=1S/C24H32Cl2N6O/c1-15-21-11-27-24(31-13-18(14-31)17-4-3-7-30(12-17)8-9-33)28-23(21)32(29-15)16(2)20-6-5-19(25)10-22(20)26/h5-6,10-11,16-18,23,29,33H,3-4,7-9,12-14H2,1-2H3/t16-,17+,23?/m1/s1. The topological polar surface area (TPSA) is 66.7 Å². The summed E-state index contributed by atoms with van der Waals surface area (Å²) in [6.07, 6.45) is 4.33. The van der Waals surface area contributed by atoms with E-state index in [-0.39, 0.29) is 18.8 Å². The summed E-state index contributed by atoms with van der Waals surface area (Å²) in [6.45, 7) is 9.44. The van der Waals surface area contributed by atoms with E-state index in [1.807, 2.05) is 18.3 Å². The maximum Gasteiger partial charge on any atom is 0.222 e. The number of rotatable bonds is 5. The van der Waals surface area contributed by atoms with Crippen molar-refractivity contribution >= 4 is 35.4 Å². The van der Waals surface area contributed by atoms with Crippen molar-refractivity contribution in [1.82, 2.24) is 20.2 Å². The molecule has 1 aromatic carbocycles. The van der Waals surface area contributed by atoms with Crippen molar-refractivity contribution in [2.75, 3.05) is 39.3 Å². The molecule has 0 radical (unpaired) electrons. The third-order valence-corrected chi connectivity index (χ3v) is 8.04. The van der Waals surface area contributed by atoms with E-state index in [1.165, 1.54) is 12.8 Å². The highest BCUT2D eigenvalue weighted by Crippen LogP contribution is 2.36. The van der Waals surface area contributed by atoms with Gasteiger partial charge in [0.15, 0.2) is 6.17 Å². The number of aliphatic hydroxyl groups excluding tert-OH is 1. The number of halogens is 2. The molecule has 9 heteroatoms. The third kappa shape index (κ3) is 4.54. The SMILES string of the molecule is CC1=C2C=NC(N3CC([C@H]4CCCN(CCO)C4)C3)=NC2N([C@H](C)c2ccc(Cl)cc2Cl)N1. The number of guanidine groups is 1. The van der Waals surface area contributed by atoms with Crippen LogP contribution in [0.5, 0.6) is 0 Å². The van der Waals surface area contributed by atoms with Crippen LogP contribution in [0, 0.1) is 11.8 Å². The minimum Gasteiger partial charge on any atom is -0.395 e. The van der Waals surface area contributed by atoms with Gasteiger partial charge in [-0.25, -0.2) is 9.98 Å². The summed E-state index contributed by atoms with van der Waals surface area (Å²) in [5.74, 6) is 2.19. The Labute approximate surface area is 205 Å². The first-order valence-electron chi connectivity index (χ1n) is 11.9. The van der Waals surface area contributed by atoms with Crippen LogP contribution in [0.2, 0.25) is 10.0 Å². The predicted octanol–water partition coefficient (Wildman–Crippen LogP) is 3.55. The van der Waals surface area contributed by atoms with E-state index in [4.69, 9.17) is 33.2 Å². The summed E-state index contributed by atoms with van der Waals surface area (Å²) in [5.41, 5.74) is 6.66. The highest BCUT2D eigenvalue weighted by atomic mass is 35.5. The molecule has 178 valence electrons. The van der Waals surface area contributed by atoms with E-state index in [0.717, 1.165) is 55.5 Å². The number of hydrazine groups is 1. The fourth-order valence-electron chi connectivity index (χ4n) is 5.48. The summed E-state index contributed by atoms with van der Waals surface area (Å²) >= 11 is 12.6. The van der Waals surface area contributed by atoms with Crippen molar-refractivity contribution < 1.29 is 5.11 Å². The van der Waals surface area contributed by atoms with Crippen molar-refractivity contribution in [2.45, 2.75) is 38.9 Å². The van der Waals surface area contributed by atoms with Crippen LogP contribution in [0.4, 0.5) is 0 Å². The number of benzene rings is 1. The number of likely N-dealkylation sites (tertiary alicyclic amines) is 2. The zero-order chi connectivity index (χ0) is 23.1. The van der Waals surface area contributed by atoms with Gasteiger partial charge in [0, 0.05) is 53.7 Å². The molecule has 2 saturated heterocycles. The van der Waals surface area contributed by atoms with Crippen LogP contribution in [0.1, 0.15) is 38.3 Å². The number of hydrogen-bond donors (Lipinski definition) is 2. The number of nitrogens with zero attached hydrogens (tertiary/aromatic N) is 5. The van der Waals surface area contributed by atoms with E-state index < -0.39 is 0 Å². The molecule has 4 heterocycles. The smallest absolute Gasteiger partial charge is 0.222 e. The lowest BCUT2D eigenvalue weighted by molar-refractivity contribution is 0.0535. The quantitative estimate of drug-likeness (QED) is 0.660. The molecule has 2 fully saturated rings. The first-order chi connectivity index (χ1) is 15.9. The van der Waals surface area contributed by atoms with Crippen molar-refractivity contribution in [2.24, 2.45) is 21.8 Å². The monoisotopic (exact) mass is 490 g/mol. The van der Waals surface area contributed by atoms with Crippen molar-refractivity contribution in [3.8, 4) is 0 Å². The number of nitrogens with one attached hydrogen (secondary N) is 1. The lowest BCUT2D eigenvalue weighted by Crippen LogP contribution is -2.56. The molecular weight excluding hydrogens is 459 g/mol. The molecule has 2 N–H and O–H groups in total. The lowest BCUT2D eigenvalue weighted by atomic mass is 9.80. The van der Waals surface area contributed by atoms with Crippen LogP contribution in [0.15, 0.2) is 39.5 Å². The number of aliphatic hydroxyl groups is 1. The van der Waals surface area contributed by atoms with Gasteiger partial charge in [-0.15, -0.1) is 0 Å². The molecule has 0 bridgehead atoms. The average Bonchev–Trinajstić information content (AvgIpc) is 3.09. The molecule has 4 aliphatic heterocycles. The molecular formula is C24H32Cl2N6O. The summed E-state index contributed by atoms with van der Waals surface area (Å²) in [4.78, 5) is 14.5. The Kier molecular flexibility index (Phi) is 6.69. The van der Waals surface area contributed by atoms with Crippen molar-refractivity contribution in [3.05, 3.63) is 45.1 Å². The molecule has 0 spiro atoms. The van der Waals surface area contributed by atoms with Gasteiger partial charge in [0.2, 0.25) is 5.96 Å². The number of β-amino-alcohol motifs (C(OH)–C–C–N with tert-alkyl or cyclic N) is 1. The second-order valence-corrected chi connectivity index (χ2v) is 10.4. The fraction of sp³-hybridized carbons (Fsp3) is 0.583. The Hall–Kier alpha value is -1.64. The van der Waals surface area contributed by atoms with Crippen molar-refractivity contribution in [3.63, 3.8) is 0 Å². The molecule has 4 aliphatic rings. The number of piperidine rings is 1. The first kappa shape index (κ1) is 23.1. The highest BCUT2D eigenvalue weighted by Gasteiger charge is 2.41. The van der Waals surface area contributed by atoms with Crippen LogP contribution < -0.4 is 5.43 Å². The summed E-state index contributed by atoms with van der Waals surface area (Å²) in [5, 5.41) is 12.7. The summed E-state index contributed by atoms with van der Waals surface area (Å²) in [6, 6.07) is 5.65. The maximum absolute atomic E-state index is 9.27. The summed E-state index contributed by atoms with van der Waals surface area (Å²) < 4.78 is 0. The van der Waals surface area contributed by atoms with Crippen LogP contribution in [0.3, 0.4) is 0 Å². The largest absolute Gasteiger partial charge is 0.395 e. The second-order valence-electron chi connectivity index (χ2n) is 9.59. The van der Waals surface area contributed by atoms with Gasteiger partial charge in [-0.2, -0.15) is 5.01 Å². The van der Waals surface area contributed by atoms with E-state index in [2.05, 4.69) is 34.1 Å². The van der Waals surface area contributed by atoms with Gasteiger partial charge in [0.05, 0.1) is 12.6 Å². The van der Waals surface area contributed by atoms with Gasteiger partial charge in [-0.3, -0.25) is 0 Å². The zero-order valence-electron chi connectivity index (χ0n) is 19.2. The third-order valence-electron chi connectivity index (χ3n) is 7.48. The molecule has 0 aliphatic carbocycles. The van der Waals surface area contributed by atoms with Crippen LogP contribution in [0.25, 0.3) is 0 Å². The van der Waals surface area contributed by atoms with Gasteiger partial charge in [0.25, 0.3) is 0 Å². The molecule has 0 saturated carbocycles. The number of allylic oxidation sites excluding steroid dienone is 1. The van der Waals surface area contributed by atoms with Gasteiger partial charge in [-0.1, -0.05) is 29.3 Å². The average molecular weight is 491 g/mol. The van der Waals surface area contributed by atoms with E-state index >= 15 is 0 Å². The molecule has 7 nitrogen and oxygen atoms in total. The van der Waals surface area contributed by atoms with Crippen LogP contribution in [-0.4, -0.2) is 77.6 Å². The number of aliphatic imine (C=N–C) groups is 2. The Balaban J connectivity index is 1.26. The van der Waals surface area contributed by atoms with Crippen LogP contribution in [-0.2, 0) is 0 Å². The first-order valence-corrected chi connectivity index (χ1v) is 12.6. The number of fused-ring (bicyclic) bond motifs is 1. The normalized spacial score (nSPS) is 27.3. The Morgan fingerprint density at radius 2 is 2.03 bits per heavy atom. The van der Waals surface area contributed by atoms with Crippen molar-refractivity contribution in [1.29, 1.82) is 0 Å². The van der Waals surface area contributed by atoms with Gasteiger partial charge < -0.3 is 20.3 Å². The Morgan fingerprint density at radius 3 is 2.79 bits per heavy atom. The molecule has 0 amide bonds. The molecule has 5 rings (SSSR count). The predicted molar refractivity (Wildman–Crippen MR) is 134 cm³/mol. The van der Waals surface area contributed by atoms with E-state index in [1.54, 1.807) is 6.07 Å². The molecule has 1 aromatic rings. The minimum atomic E-state index is -0.131. The second kappa shape index (κ2) is 9.55. The minimum absolute atomic E-state index is 0.00704. The highest BCUT2D eigenvalue weighted by molar-refractivity contribution is 6.35. The van der Waals surface area contributed by atoms with Crippen LogP contribution >= 0.6 is 23.2 Å². The molecule has 0 aromatic heterocycles. The molecule has 1 unspecified atom stereocenters. The molecule has 33 heavy (non-hydrogen) atoms. The Morgan fingerprint density at radius 1 is 1.21 bits per heavy atom. The lowest BCUT2D eigenvalue weighted by Gasteiger charge is -2.47. The molecule has 3 atom stereocenters. The maximum atomic E-state index is 9.27. The van der Waals surface area contributed by atoms with E-state index in [0.29, 0.717) is 21.9 Å². The van der Waals surface area contributed by atoms with E-state index in [9.17, 15) is 5.11 Å². The number of hydrogen-bond acceptors (Lipinski definition) is 7. The van der Waals surface area contributed by atoms with Gasteiger partial charge in [0.1, 0.15) is 0 Å².